The summed E-state index contributed by atoms with van der Waals surface area (Å²) in [4.78, 5) is 7.85. The first-order chi connectivity index (χ1) is 13.2. The highest BCUT2D eigenvalue weighted by atomic mass is 32.2. The zero-order valence-corrected chi connectivity index (χ0v) is 17.2. The topological polar surface area (TPSA) is 26.7 Å². The predicted octanol–water partition coefficient (Wildman–Crippen LogP) is 4.17. The molecular weight excluding hydrogens is 352 g/mol. The lowest BCUT2D eigenvalue weighted by molar-refractivity contribution is 0.0823. The average Bonchev–Trinajstić information content (AvgIpc) is 2.85. The molecule has 0 saturated carbocycles. The van der Waals surface area contributed by atoms with Gasteiger partial charge in [0.15, 0.2) is 0 Å². The van der Waals surface area contributed by atoms with Gasteiger partial charge in [-0.25, -0.2) is 0 Å². The van der Waals surface area contributed by atoms with E-state index in [1.54, 1.807) is 0 Å². The number of β-amino-alcohol motifs (C(OH)–C–C–N with tert-alkyl or cyclic N) is 1. The van der Waals surface area contributed by atoms with E-state index in [4.69, 9.17) is 0 Å². The van der Waals surface area contributed by atoms with Crippen molar-refractivity contribution in [2.75, 3.05) is 39.3 Å². The van der Waals surface area contributed by atoms with Gasteiger partial charge in [-0.15, -0.1) is 0 Å². The normalized spacial score (nSPS) is 21.0. The minimum Gasteiger partial charge on any atom is -0.395 e. The molecule has 4 heteroatoms. The van der Waals surface area contributed by atoms with Gasteiger partial charge in [0.2, 0.25) is 0 Å². The largest absolute Gasteiger partial charge is 0.395 e. The Morgan fingerprint density at radius 2 is 1.81 bits per heavy atom. The number of hydrogen-bond donors (Lipinski definition) is 1. The monoisotopic (exact) mass is 382 g/mol. The fourth-order valence-corrected chi connectivity index (χ4v) is 5.37. The second kappa shape index (κ2) is 8.36. The van der Waals surface area contributed by atoms with Crippen LogP contribution in [0.3, 0.4) is 0 Å². The third-order valence-corrected chi connectivity index (χ3v) is 7.14. The summed E-state index contributed by atoms with van der Waals surface area (Å²) in [5.41, 5.74) is 4.40. The van der Waals surface area contributed by atoms with Gasteiger partial charge in [0, 0.05) is 48.6 Å². The zero-order chi connectivity index (χ0) is 18.8. The van der Waals surface area contributed by atoms with Gasteiger partial charge in [0.05, 0.1) is 6.61 Å². The van der Waals surface area contributed by atoms with E-state index >= 15 is 0 Å². The van der Waals surface area contributed by atoms with Crippen LogP contribution in [0.4, 0.5) is 0 Å². The summed E-state index contributed by atoms with van der Waals surface area (Å²) in [5, 5.41) is 9.23. The predicted molar refractivity (Wildman–Crippen MR) is 113 cm³/mol. The summed E-state index contributed by atoms with van der Waals surface area (Å²) in [5.74, 6) is 0.549. The average molecular weight is 383 g/mol. The van der Waals surface area contributed by atoms with Crippen molar-refractivity contribution < 1.29 is 5.11 Å². The molecule has 1 saturated heterocycles. The maximum atomic E-state index is 9.23. The SMILES string of the molecule is CC(C)c1ccc2c(c1)C(N1CCN(CCO)CC1)Cc1ccccc1S2. The Labute approximate surface area is 167 Å². The minimum atomic E-state index is 0.258. The van der Waals surface area contributed by atoms with Crippen molar-refractivity contribution >= 4 is 11.8 Å². The Kier molecular flexibility index (Phi) is 5.88. The smallest absolute Gasteiger partial charge is 0.0558 e. The van der Waals surface area contributed by atoms with Crippen molar-refractivity contribution in [1.29, 1.82) is 0 Å². The number of fused-ring (bicyclic) bond motifs is 2. The fraction of sp³-hybridized carbons (Fsp3) is 0.478. The molecule has 4 rings (SSSR count). The molecule has 1 unspecified atom stereocenters. The second-order valence-corrected chi connectivity index (χ2v) is 9.07. The molecule has 1 atom stereocenters. The van der Waals surface area contributed by atoms with E-state index < -0.39 is 0 Å². The first-order valence-electron chi connectivity index (χ1n) is 10.1. The van der Waals surface area contributed by atoms with Crippen LogP contribution in [0.5, 0.6) is 0 Å². The van der Waals surface area contributed by atoms with E-state index in [9.17, 15) is 5.11 Å². The van der Waals surface area contributed by atoms with Gasteiger partial charge >= 0.3 is 0 Å². The van der Waals surface area contributed by atoms with Crippen molar-refractivity contribution in [3.8, 4) is 0 Å². The van der Waals surface area contributed by atoms with Crippen molar-refractivity contribution in [3.05, 3.63) is 59.2 Å². The first kappa shape index (κ1) is 19.0. The molecule has 2 heterocycles. The van der Waals surface area contributed by atoms with Crippen LogP contribution >= 0.6 is 11.8 Å². The summed E-state index contributed by atoms with van der Waals surface area (Å²) < 4.78 is 0. The molecule has 0 bridgehead atoms. The number of nitrogens with zero attached hydrogens (tertiary/aromatic N) is 2. The Morgan fingerprint density at radius 3 is 2.56 bits per heavy atom. The van der Waals surface area contributed by atoms with Crippen LogP contribution in [0, 0.1) is 0 Å². The molecule has 2 aromatic carbocycles. The second-order valence-electron chi connectivity index (χ2n) is 7.98. The maximum absolute atomic E-state index is 9.23. The molecule has 27 heavy (non-hydrogen) atoms. The third-order valence-electron chi connectivity index (χ3n) is 5.93. The highest BCUT2D eigenvalue weighted by molar-refractivity contribution is 7.99. The zero-order valence-electron chi connectivity index (χ0n) is 16.4. The summed E-state index contributed by atoms with van der Waals surface area (Å²) >= 11 is 1.93. The van der Waals surface area contributed by atoms with E-state index in [1.165, 1.54) is 26.5 Å². The Hall–Kier alpha value is -1.33. The lowest BCUT2D eigenvalue weighted by Gasteiger charge is -2.39. The lowest BCUT2D eigenvalue weighted by Crippen LogP contribution is -2.48. The van der Waals surface area contributed by atoms with Gasteiger partial charge in [-0.05, 0) is 41.2 Å². The molecule has 0 radical (unpaired) electrons. The number of rotatable bonds is 4. The minimum absolute atomic E-state index is 0.258. The van der Waals surface area contributed by atoms with Gasteiger partial charge in [0.1, 0.15) is 0 Å². The number of benzene rings is 2. The van der Waals surface area contributed by atoms with Crippen LogP contribution in [-0.2, 0) is 6.42 Å². The van der Waals surface area contributed by atoms with Crippen molar-refractivity contribution in [2.24, 2.45) is 0 Å². The van der Waals surface area contributed by atoms with Gasteiger partial charge < -0.3 is 5.11 Å². The van der Waals surface area contributed by atoms with Crippen molar-refractivity contribution in [1.82, 2.24) is 9.80 Å². The summed E-state index contributed by atoms with van der Waals surface area (Å²) in [6, 6.07) is 16.4. The van der Waals surface area contributed by atoms with Crippen LogP contribution in [0.25, 0.3) is 0 Å². The van der Waals surface area contributed by atoms with Crippen LogP contribution in [0.15, 0.2) is 52.3 Å². The highest BCUT2D eigenvalue weighted by Gasteiger charge is 2.30. The number of aliphatic hydroxyl groups excluding tert-OH is 1. The van der Waals surface area contributed by atoms with E-state index in [0.29, 0.717) is 12.0 Å². The van der Waals surface area contributed by atoms with E-state index in [1.807, 2.05) is 11.8 Å². The first-order valence-corrected chi connectivity index (χ1v) is 10.9. The molecule has 0 amide bonds. The highest BCUT2D eigenvalue weighted by Crippen LogP contribution is 2.43. The molecule has 1 fully saturated rings. The lowest BCUT2D eigenvalue weighted by atomic mass is 9.93. The molecular formula is C23H30N2OS. The summed E-state index contributed by atoms with van der Waals surface area (Å²) in [7, 11) is 0. The Morgan fingerprint density at radius 1 is 1.04 bits per heavy atom. The molecule has 2 aliphatic heterocycles. The van der Waals surface area contributed by atoms with Gasteiger partial charge in [-0.1, -0.05) is 55.9 Å². The molecule has 2 aromatic rings. The summed E-state index contributed by atoms with van der Waals surface area (Å²) in [6.45, 7) is 9.85. The van der Waals surface area contributed by atoms with Crippen LogP contribution in [0.1, 0.15) is 42.5 Å². The van der Waals surface area contributed by atoms with Crippen molar-refractivity contribution in [3.63, 3.8) is 0 Å². The van der Waals surface area contributed by atoms with E-state index in [-0.39, 0.29) is 6.61 Å². The van der Waals surface area contributed by atoms with Gasteiger partial charge in [0.25, 0.3) is 0 Å². The van der Waals surface area contributed by atoms with Gasteiger partial charge in [-0.3, -0.25) is 9.80 Å². The molecule has 0 aliphatic carbocycles. The van der Waals surface area contributed by atoms with Crippen LogP contribution in [0.2, 0.25) is 0 Å². The van der Waals surface area contributed by atoms with Crippen molar-refractivity contribution in [2.45, 2.75) is 42.0 Å². The standard InChI is InChI=1S/C23H30N2OS/c1-17(2)18-7-8-23-20(15-18)21(16-19-5-3-4-6-22(19)27-23)25-11-9-24(10-12-25)13-14-26/h3-8,15,17,21,26H,9-14,16H2,1-2H3. The van der Waals surface area contributed by atoms with Crippen LogP contribution < -0.4 is 0 Å². The molecule has 3 nitrogen and oxygen atoms in total. The Bertz CT molecular complexity index is 784. The molecule has 144 valence electrons. The summed E-state index contributed by atoms with van der Waals surface area (Å²) in [6.07, 6.45) is 1.08. The van der Waals surface area contributed by atoms with E-state index in [0.717, 1.165) is 39.1 Å². The quantitative estimate of drug-likeness (QED) is 0.859. The molecule has 0 aromatic heterocycles. The molecule has 2 aliphatic rings. The number of piperazine rings is 1. The third kappa shape index (κ3) is 4.09. The number of hydrogen-bond acceptors (Lipinski definition) is 4. The van der Waals surface area contributed by atoms with E-state index in [2.05, 4.69) is 66.1 Å². The Balaban J connectivity index is 1.68. The maximum Gasteiger partial charge on any atom is 0.0558 e. The van der Waals surface area contributed by atoms with Crippen LogP contribution in [-0.4, -0.2) is 54.2 Å². The van der Waals surface area contributed by atoms with Gasteiger partial charge in [-0.2, -0.15) is 0 Å². The molecule has 1 N–H and O–H groups in total. The molecule has 0 spiro atoms. The number of aliphatic hydroxyl groups is 1. The fourth-order valence-electron chi connectivity index (χ4n) is 4.25.